The zero-order valence-corrected chi connectivity index (χ0v) is 12.4. The molecule has 1 amide bonds. The number of carbonyl (C=O) groups excluding carboxylic acids is 1. The Kier molecular flexibility index (Phi) is 6.14. The van der Waals surface area contributed by atoms with Gasteiger partial charge in [0.2, 0.25) is 10.0 Å². The van der Waals surface area contributed by atoms with Gasteiger partial charge in [0.15, 0.2) is 0 Å². The molecular formula is C10H16ClN5O3S. The fourth-order valence-electron chi connectivity index (χ4n) is 1.36. The molecule has 1 aromatic heterocycles. The predicted octanol–water partition coefficient (Wildman–Crippen LogP) is -0.310. The Bertz CT molecular complexity index is 578. The van der Waals surface area contributed by atoms with Gasteiger partial charge in [0.1, 0.15) is 11.5 Å². The molecule has 1 heterocycles. The molecule has 0 saturated heterocycles. The fraction of sp³-hybridized carbons (Fsp3) is 0.400. The normalized spacial score (nSPS) is 11.2. The van der Waals surface area contributed by atoms with Gasteiger partial charge in [0.05, 0.1) is 10.8 Å². The molecule has 0 aliphatic heterocycles. The van der Waals surface area contributed by atoms with E-state index in [1.165, 1.54) is 12.1 Å². The molecule has 0 unspecified atom stereocenters. The average Bonchev–Trinajstić information content (AvgIpc) is 2.38. The van der Waals surface area contributed by atoms with Crippen LogP contribution in [0, 0.1) is 0 Å². The zero-order chi connectivity index (χ0) is 15.2. The van der Waals surface area contributed by atoms with Crippen molar-refractivity contribution < 1.29 is 13.2 Å². The summed E-state index contributed by atoms with van der Waals surface area (Å²) in [6.07, 6.45) is 0. The molecule has 0 aliphatic carbocycles. The number of amides is 1. The van der Waals surface area contributed by atoms with Crippen LogP contribution in [0.4, 0.5) is 5.82 Å². The minimum Gasteiger partial charge on any atom is -0.350 e. The molecule has 20 heavy (non-hydrogen) atoms. The summed E-state index contributed by atoms with van der Waals surface area (Å²) in [6, 6.07) is 2.97. The SMILES string of the molecule is CCNS(=O)(=O)CCNC(=O)c1nc(NN)ccc1Cl. The van der Waals surface area contributed by atoms with Gasteiger partial charge in [-0.25, -0.2) is 24.0 Å². The maximum Gasteiger partial charge on any atom is 0.271 e. The maximum absolute atomic E-state index is 11.8. The van der Waals surface area contributed by atoms with E-state index in [0.717, 1.165) is 0 Å². The zero-order valence-electron chi connectivity index (χ0n) is 10.8. The van der Waals surface area contributed by atoms with Crippen LogP contribution in [0.25, 0.3) is 0 Å². The van der Waals surface area contributed by atoms with Crippen LogP contribution in [0.2, 0.25) is 5.02 Å². The van der Waals surface area contributed by atoms with E-state index in [1.807, 2.05) is 0 Å². The highest BCUT2D eigenvalue weighted by Crippen LogP contribution is 2.15. The molecule has 0 fully saturated rings. The number of nitrogens with zero attached hydrogens (tertiary/aromatic N) is 1. The van der Waals surface area contributed by atoms with Crippen LogP contribution in [0.15, 0.2) is 12.1 Å². The number of hydrogen-bond acceptors (Lipinski definition) is 6. The van der Waals surface area contributed by atoms with Gasteiger partial charge in [0.25, 0.3) is 5.91 Å². The van der Waals surface area contributed by atoms with E-state index < -0.39 is 15.9 Å². The van der Waals surface area contributed by atoms with Crippen molar-refractivity contribution in [2.45, 2.75) is 6.92 Å². The summed E-state index contributed by atoms with van der Waals surface area (Å²) in [5.74, 6) is 4.67. The van der Waals surface area contributed by atoms with Crippen LogP contribution in [0.5, 0.6) is 0 Å². The van der Waals surface area contributed by atoms with Crippen LogP contribution in [0.1, 0.15) is 17.4 Å². The van der Waals surface area contributed by atoms with Gasteiger partial charge < -0.3 is 10.7 Å². The van der Waals surface area contributed by atoms with Crippen molar-refractivity contribution in [3.05, 3.63) is 22.8 Å². The van der Waals surface area contributed by atoms with Crippen LogP contribution < -0.4 is 21.3 Å². The first-order valence-corrected chi connectivity index (χ1v) is 7.81. The van der Waals surface area contributed by atoms with E-state index in [4.69, 9.17) is 17.4 Å². The molecule has 0 saturated carbocycles. The second-order valence-electron chi connectivity index (χ2n) is 3.74. The summed E-state index contributed by atoms with van der Waals surface area (Å²) >= 11 is 5.84. The second kappa shape index (κ2) is 7.39. The van der Waals surface area contributed by atoms with Crippen molar-refractivity contribution >= 4 is 33.3 Å². The van der Waals surface area contributed by atoms with Gasteiger partial charge in [-0.3, -0.25) is 4.79 Å². The lowest BCUT2D eigenvalue weighted by Gasteiger charge is -2.08. The van der Waals surface area contributed by atoms with E-state index in [2.05, 4.69) is 20.4 Å². The first-order valence-electron chi connectivity index (χ1n) is 5.78. The van der Waals surface area contributed by atoms with Gasteiger partial charge >= 0.3 is 0 Å². The lowest BCUT2D eigenvalue weighted by molar-refractivity contribution is 0.0951. The highest BCUT2D eigenvalue weighted by Gasteiger charge is 2.14. The van der Waals surface area contributed by atoms with Crippen molar-refractivity contribution in [3.8, 4) is 0 Å². The Morgan fingerprint density at radius 1 is 1.45 bits per heavy atom. The Hall–Kier alpha value is -1.42. The second-order valence-corrected chi connectivity index (χ2v) is 6.08. The van der Waals surface area contributed by atoms with Gasteiger partial charge in [-0.15, -0.1) is 0 Å². The summed E-state index contributed by atoms with van der Waals surface area (Å²) in [6.45, 7) is 1.92. The van der Waals surface area contributed by atoms with E-state index in [9.17, 15) is 13.2 Å². The molecule has 10 heteroatoms. The number of anilines is 1. The molecule has 112 valence electrons. The molecule has 0 bridgehead atoms. The summed E-state index contributed by atoms with van der Waals surface area (Å²) in [5.41, 5.74) is 2.27. The molecular weight excluding hydrogens is 306 g/mol. The first kappa shape index (κ1) is 16.6. The molecule has 1 rings (SSSR count). The van der Waals surface area contributed by atoms with Crippen molar-refractivity contribution in [2.75, 3.05) is 24.3 Å². The van der Waals surface area contributed by atoms with E-state index in [0.29, 0.717) is 6.54 Å². The van der Waals surface area contributed by atoms with Crippen molar-refractivity contribution in [1.82, 2.24) is 15.0 Å². The number of hydrazine groups is 1. The molecule has 0 spiro atoms. The summed E-state index contributed by atoms with van der Waals surface area (Å²) < 4.78 is 25.1. The fourth-order valence-corrected chi connectivity index (χ4v) is 2.50. The Balaban J connectivity index is 2.64. The number of pyridine rings is 1. The van der Waals surface area contributed by atoms with Crippen LogP contribution >= 0.6 is 11.6 Å². The minimum atomic E-state index is -3.38. The number of halogens is 1. The average molecular weight is 322 g/mol. The Morgan fingerprint density at radius 3 is 2.75 bits per heavy atom. The lowest BCUT2D eigenvalue weighted by Crippen LogP contribution is -2.34. The standard InChI is InChI=1S/C10H16ClN5O3S/c1-2-14-20(18,19)6-5-13-10(17)9-7(11)3-4-8(15-9)16-12/h3-4,14H,2,5-6,12H2,1H3,(H,13,17)(H,15,16). The highest BCUT2D eigenvalue weighted by molar-refractivity contribution is 7.89. The third-order valence-corrected chi connectivity index (χ3v) is 4.00. The number of hydrogen-bond donors (Lipinski definition) is 4. The third-order valence-electron chi connectivity index (χ3n) is 2.23. The van der Waals surface area contributed by atoms with E-state index >= 15 is 0 Å². The van der Waals surface area contributed by atoms with Gasteiger partial charge in [-0.05, 0) is 12.1 Å². The highest BCUT2D eigenvalue weighted by atomic mass is 35.5. The summed E-state index contributed by atoms with van der Waals surface area (Å²) in [7, 11) is -3.38. The van der Waals surface area contributed by atoms with Crippen molar-refractivity contribution in [3.63, 3.8) is 0 Å². The van der Waals surface area contributed by atoms with Gasteiger partial charge in [-0.1, -0.05) is 18.5 Å². The molecule has 8 nitrogen and oxygen atoms in total. The number of sulfonamides is 1. The number of carbonyl (C=O) groups is 1. The summed E-state index contributed by atoms with van der Waals surface area (Å²) in [4.78, 5) is 15.7. The monoisotopic (exact) mass is 321 g/mol. The largest absolute Gasteiger partial charge is 0.350 e. The van der Waals surface area contributed by atoms with Gasteiger partial charge in [-0.2, -0.15) is 0 Å². The van der Waals surface area contributed by atoms with E-state index in [1.54, 1.807) is 6.92 Å². The first-order chi connectivity index (χ1) is 9.39. The predicted molar refractivity (Wildman–Crippen MR) is 76.9 cm³/mol. The summed E-state index contributed by atoms with van der Waals surface area (Å²) in [5, 5.41) is 2.58. The smallest absolute Gasteiger partial charge is 0.271 e. The van der Waals surface area contributed by atoms with Crippen LogP contribution in [-0.2, 0) is 10.0 Å². The maximum atomic E-state index is 11.8. The molecule has 0 radical (unpaired) electrons. The van der Waals surface area contributed by atoms with Crippen LogP contribution in [0.3, 0.4) is 0 Å². The minimum absolute atomic E-state index is 0.0250. The van der Waals surface area contributed by atoms with Crippen molar-refractivity contribution in [2.24, 2.45) is 5.84 Å². The van der Waals surface area contributed by atoms with E-state index in [-0.39, 0.29) is 28.8 Å². The number of nitrogens with one attached hydrogen (secondary N) is 3. The third kappa shape index (κ3) is 4.93. The number of nitrogen functional groups attached to an aromatic ring is 1. The van der Waals surface area contributed by atoms with Crippen molar-refractivity contribution in [1.29, 1.82) is 0 Å². The van der Waals surface area contributed by atoms with Crippen LogP contribution in [-0.4, -0.2) is 38.2 Å². The Morgan fingerprint density at radius 2 is 2.15 bits per heavy atom. The lowest BCUT2D eigenvalue weighted by atomic mass is 10.3. The Labute approximate surface area is 122 Å². The topological polar surface area (TPSA) is 126 Å². The molecule has 0 aliphatic rings. The molecule has 5 N–H and O–H groups in total. The number of nitrogens with two attached hydrogens (primary N) is 1. The molecule has 0 atom stereocenters. The number of aromatic nitrogens is 1. The number of rotatable bonds is 7. The molecule has 0 aromatic carbocycles. The molecule has 1 aromatic rings. The quantitative estimate of drug-likeness (QED) is 0.403. The van der Waals surface area contributed by atoms with Gasteiger partial charge in [0, 0.05) is 13.1 Å².